The fourth-order valence-electron chi connectivity index (χ4n) is 4.36. The summed E-state index contributed by atoms with van der Waals surface area (Å²) in [7, 11) is 0. The van der Waals surface area contributed by atoms with Gasteiger partial charge in [0.15, 0.2) is 11.2 Å². The lowest BCUT2D eigenvalue weighted by Gasteiger charge is -2.36. The maximum absolute atomic E-state index is 12.7. The number of H-pyrrole nitrogens is 1. The van der Waals surface area contributed by atoms with Crippen molar-refractivity contribution < 1.29 is 4.79 Å². The van der Waals surface area contributed by atoms with E-state index in [1.807, 2.05) is 24.0 Å². The molecule has 1 atom stereocenters. The minimum Gasteiger partial charge on any atom is -0.342 e. The Balaban J connectivity index is 1.42. The molecule has 1 aliphatic heterocycles. The molecular weight excluding hydrogens is 380 g/mol. The third kappa shape index (κ3) is 3.51. The van der Waals surface area contributed by atoms with Crippen LogP contribution < -0.4 is 5.56 Å². The minimum absolute atomic E-state index is 0.0302. The van der Waals surface area contributed by atoms with Gasteiger partial charge in [-0.25, -0.2) is 9.67 Å². The van der Waals surface area contributed by atoms with Gasteiger partial charge >= 0.3 is 0 Å². The first-order valence-corrected chi connectivity index (χ1v) is 10.8. The molecule has 156 valence electrons. The number of fused-ring (bicyclic) bond motifs is 1. The van der Waals surface area contributed by atoms with Crippen LogP contribution in [0.15, 0.2) is 29.1 Å². The number of rotatable bonds is 4. The van der Waals surface area contributed by atoms with Gasteiger partial charge in [-0.15, -0.1) is 5.10 Å². The van der Waals surface area contributed by atoms with Crippen LogP contribution in [0.5, 0.6) is 0 Å². The van der Waals surface area contributed by atoms with Gasteiger partial charge in [0, 0.05) is 24.9 Å². The highest BCUT2D eigenvalue weighted by Crippen LogP contribution is 2.31. The summed E-state index contributed by atoms with van der Waals surface area (Å²) in [6.07, 6.45) is 4.99. The summed E-state index contributed by atoms with van der Waals surface area (Å²) in [4.78, 5) is 34.9. The van der Waals surface area contributed by atoms with E-state index in [9.17, 15) is 9.59 Å². The number of aromatic nitrogens is 5. The van der Waals surface area contributed by atoms with E-state index in [0.29, 0.717) is 24.6 Å². The molecule has 2 aliphatic rings. The molecule has 3 aromatic rings. The van der Waals surface area contributed by atoms with E-state index in [-0.39, 0.29) is 28.8 Å². The molecule has 1 saturated heterocycles. The molecule has 0 bridgehead atoms. The van der Waals surface area contributed by atoms with Gasteiger partial charge in [0.2, 0.25) is 5.91 Å². The summed E-state index contributed by atoms with van der Waals surface area (Å²) in [5, 5.41) is 8.21. The Bertz CT molecular complexity index is 1130. The highest BCUT2D eigenvalue weighted by molar-refractivity contribution is 5.79. The SMILES string of the molecule is Cc1ccc(Cn2nnc3c(=O)[nH]c([C@H]4CCCN(C(=O)C5CCC5)C4)nc32)cc1. The number of aryl methyl sites for hydroxylation is 1. The van der Waals surface area contributed by atoms with Gasteiger partial charge in [0.25, 0.3) is 5.56 Å². The van der Waals surface area contributed by atoms with Crippen molar-refractivity contribution in [2.45, 2.75) is 51.5 Å². The molecule has 1 amide bonds. The van der Waals surface area contributed by atoms with Gasteiger partial charge in [-0.1, -0.05) is 41.5 Å². The Labute approximate surface area is 174 Å². The van der Waals surface area contributed by atoms with E-state index in [2.05, 4.69) is 27.4 Å². The van der Waals surface area contributed by atoms with Crippen LogP contribution in [0.1, 0.15) is 55.0 Å². The number of amides is 1. The molecule has 0 unspecified atom stereocenters. The lowest BCUT2D eigenvalue weighted by molar-refractivity contribution is -0.139. The molecule has 2 aromatic heterocycles. The van der Waals surface area contributed by atoms with Crippen LogP contribution in [0, 0.1) is 12.8 Å². The number of likely N-dealkylation sites (tertiary alicyclic amines) is 1. The number of piperidine rings is 1. The number of benzene rings is 1. The normalized spacial score (nSPS) is 19.8. The fourth-order valence-corrected chi connectivity index (χ4v) is 4.36. The Hall–Kier alpha value is -3.03. The van der Waals surface area contributed by atoms with Crippen molar-refractivity contribution in [3.63, 3.8) is 0 Å². The monoisotopic (exact) mass is 406 g/mol. The van der Waals surface area contributed by atoms with Gasteiger partial charge < -0.3 is 9.88 Å². The van der Waals surface area contributed by atoms with E-state index < -0.39 is 0 Å². The van der Waals surface area contributed by atoms with Gasteiger partial charge in [-0.05, 0) is 38.2 Å². The number of hydrogen-bond acceptors (Lipinski definition) is 5. The number of nitrogens with one attached hydrogen (secondary N) is 1. The van der Waals surface area contributed by atoms with Crippen molar-refractivity contribution >= 4 is 17.1 Å². The maximum atomic E-state index is 12.7. The zero-order valence-electron chi connectivity index (χ0n) is 17.2. The van der Waals surface area contributed by atoms with E-state index in [4.69, 9.17) is 4.98 Å². The fraction of sp³-hybridized carbons (Fsp3) is 0.500. The van der Waals surface area contributed by atoms with Crippen molar-refractivity contribution in [3.05, 3.63) is 51.6 Å². The zero-order chi connectivity index (χ0) is 20.7. The molecule has 8 heteroatoms. The largest absolute Gasteiger partial charge is 0.342 e. The highest BCUT2D eigenvalue weighted by atomic mass is 16.2. The van der Waals surface area contributed by atoms with Crippen molar-refractivity contribution in [2.24, 2.45) is 5.92 Å². The third-order valence-electron chi connectivity index (χ3n) is 6.42. The Kier molecular flexibility index (Phi) is 4.84. The second kappa shape index (κ2) is 7.66. The van der Waals surface area contributed by atoms with Gasteiger partial charge in [-0.2, -0.15) is 0 Å². The topological polar surface area (TPSA) is 96.8 Å². The zero-order valence-corrected chi connectivity index (χ0v) is 17.2. The van der Waals surface area contributed by atoms with Crippen LogP contribution in [0.4, 0.5) is 0 Å². The molecule has 0 spiro atoms. The van der Waals surface area contributed by atoms with Crippen molar-refractivity contribution in [2.75, 3.05) is 13.1 Å². The molecule has 1 N–H and O–H groups in total. The molecule has 30 heavy (non-hydrogen) atoms. The number of carbonyl (C=O) groups is 1. The molecule has 5 rings (SSSR count). The molecule has 1 aromatic carbocycles. The number of carbonyl (C=O) groups excluding carboxylic acids is 1. The predicted molar refractivity (Wildman–Crippen MR) is 112 cm³/mol. The first-order valence-electron chi connectivity index (χ1n) is 10.8. The summed E-state index contributed by atoms with van der Waals surface area (Å²) in [5.74, 6) is 1.12. The summed E-state index contributed by atoms with van der Waals surface area (Å²) in [5.41, 5.74) is 2.75. The van der Waals surface area contributed by atoms with E-state index in [0.717, 1.165) is 44.2 Å². The first-order chi connectivity index (χ1) is 14.6. The van der Waals surface area contributed by atoms with Gasteiger partial charge in [-0.3, -0.25) is 9.59 Å². The minimum atomic E-state index is -0.271. The number of hydrogen-bond donors (Lipinski definition) is 1. The summed E-state index contributed by atoms with van der Waals surface area (Å²) in [6.45, 7) is 3.96. The van der Waals surface area contributed by atoms with Crippen molar-refractivity contribution in [1.29, 1.82) is 0 Å². The van der Waals surface area contributed by atoms with Crippen LogP contribution in [-0.2, 0) is 11.3 Å². The van der Waals surface area contributed by atoms with Crippen molar-refractivity contribution in [1.82, 2.24) is 29.9 Å². The lowest BCUT2D eigenvalue weighted by Crippen LogP contribution is -2.44. The smallest absolute Gasteiger partial charge is 0.281 e. The second-order valence-electron chi connectivity index (χ2n) is 8.61. The molecule has 2 fully saturated rings. The molecule has 1 aliphatic carbocycles. The summed E-state index contributed by atoms with van der Waals surface area (Å²) < 4.78 is 1.68. The van der Waals surface area contributed by atoms with E-state index in [1.165, 1.54) is 5.56 Å². The Morgan fingerprint density at radius 2 is 1.97 bits per heavy atom. The van der Waals surface area contributed by atoms with Crippen LogP contribution in [-0.4, -0.2) is 48.9 Å². The van der Waals surface area contributed by atoms with Gasteiger partial charge in [0.05, 0.1) is 6.54 Å². The average Bonchev–Trinajstić information content (AvgIpc) is 3.12. The second-order valence-corrected chi connectivity index (χ2v) is 8.61. The molecular formula is C22H26N6O2. The van der Waals surface area contributed by atoms with E-state index in [1.54, 1.807) is 4.68 Å². The molecule has 1 saturated carbocycles. The van der Waals surface area contributed by atoms with E-state index >= 15 is 0 Å². The molecule has 0 radical (unpaired) electrons. The Morgan fingerprint density at radius 3 is 2.70 bits per heavy atom. The molecule has 8 nitrogen and oxygen atoms in total. The maximum Gasteiger partial charge on any atom is 0.281 e. The number of aromatic amines is 1. The van der Waals surface area contributed by atoms with Crippen LogP contribution in [0.25, 0.3) is 11.2 Å². The predicted octanol–water partition coefficient (Wildman–Crippen LogP) is 2.38. The average molecular weight is 406 g/mol. The van der Waals surface area contributed by atoms with Crippen LogP contribution in [0.2, 0.25) is 0 Å². The summed E-state index contributed by atoms with van der Waals surface area (Å²) in [6, 6.07) is 8.19. The molecule has 3 heterocycles. The van der Waals surface area contributed by atoms with Crippen molar-refractivity contribution in [3.8, 4) is 0 Å². The summed E-state index contributed by atoms with van der Waals surface area (Å²) >= 11 is 0. The third-order valence-corrected chi connectivity index (χ3v) is 6.42. The lowest BCUT2D eigenvalue weighted by atomic mass is 9.83. The van der Waals surface area contributed by atoms with Gasteiger partial charge in [0.1, 0.15) is 5.82 Å². The first kappa shape index (κ1) is 19.0. The van der Waals surface area contributed by atoms with Crippen LogP contribution >= 0.6 is 0 Å². The standard InChI is InChI=1S/C22H26N6O2/c1-14-7-9-15(10-8-14)12-28-20-18(25-26-28)21(29)24-19(23-20)17-6-3-11-27(13-17)22(30)16-4-2-5-16/h7-10,16-17H,2-6,11-13H2,1H3,(H,23,24,29)/t17-/m0/s1. The number of nitrogens with zero attached hydrogens (tertiary/aromatic N) is 5. The van der Waals surface area contributed by atoms with Crippen LogP contribution in [0.3, 0.4) is 0 Å². The quantitative estimate of drug-likeness (QED) is 0.718. The highest BCUT2D eigenvalue weighted by Gasteiger charge is 2.33. The Morgan fingerprint density at radius 1 is 1.17 bits per heavy atom.